The van der Waals surface area contributed by atoms with Crippen molar-refractivity contribution in [3.8, 4) is 5.75 Å². The molecule has 5 nitrogen and oxygen atoms in total. The number of ether oxygens (including phenoxy) is 1. The molecule has 2 heterocycles. The highest BCUT2D eigenvalue weighted by molar-refractivity contribution is 7.88. The second-order valence-corrected chi connectivity index (χ2v) is 6.70. The number of hydrogen-bond donors (Lipinski definition) is 0. The Labute approximate surface area is 112 Å². The van der Waals surface area contributed by atoms with E-state index in [-0.39, 0.29) is 6.10 Å². The van der Waals surface area contributed by atoms with Crippen LogP contribution >= 0.6 is 11.6 Å². The Morgan fingerprint density at radius 3 is 3.00 bits per heavy atom. The van der Waals surface area contributed by atoms with Gasteiger partial charge in [-0.15, -0.1) is 0 Å². The summed E-state index contributed by atoms with van der Waals surface area (Å²) in [6, 6.07) is 1.68. The summed E-state index contributed by atoms with van der Waals surface area (Å²) in [6.07, 6.45) is 5.78. The van der Waals surface area contributed by atoms with Crippen LogP contribution in [0.4, 0.5) is 0 Å². The molecule has 1 saturated heterocycles. The van der Waals surface area contributed by atoms with Gasteiger partial charge in [-0.05, 0) is 12.8 Å². The average molecular weight is 291 g/mol. The second kappa shape index (κ2) is 5.42. The van der Waals surface area contributed by atoms with Gasteiger partial charge in [0.1, 0.15) is 16.9 Å². The van der Waals surface area contributed by atoms with Gasteiger partial charge in [0, 0.05) is 25.0 Å². The van der Waals surface area contributed by atoms with Gasteiger partial charge in [-0.25, -0.2) is 8.42 Å². The van der Waals surface area contributed by atoms with Gasteiger partial charge in [0.2, 0.25) is 10.0 Å². The van der Waals surface area contributed by atoms with Crippen LogP contribution in [0.15, 0.2) is 18.5 Å². The molecule has 0 aliphatic carbocycles. The molecule has 1 aromatic heterocycles. The van der Waals surface area contributed by atoms with E-state index in [1.54, 1.807) is 12.3 Å². The van der Waals surface area contributed by atoms with Crippen LogP contribution in [0.3, 0.4) is 0 Å². The van der Waals surface area contributed by atoms with Crippen molar-refractivity contribution in [1.82, 2.24) is 9.29 Å². The van der Waals surface area contributed by atoms with Gasteiger partial charge < -0.3 is 4.74 Å². The summed E-state index contributed by atoms with van der Waals surface area (Å²) in [5.41, 5.74) is 0. The number of pyridine rings is 1. The number of piperidine rings is 1. The van der Waals surface area contributed by atoms with Gasteiger partial charge >= 0.3 is 0 Å². The highest BCUT2D eigenvalue weighted by Crippen LogP contribution is 2.25. The van der Waals surface area contributed by atoms with Crippen LogP contribution in [0.5, 0.6) is 5.75 Å². The quantitative estimate of drug-likeness (QED) is 0.847. The lowest BCUT2D eigenvalue weighted by Crippen LogP contribution is -2.43. The predicted octanol–water partition coefficient (Wildman–Crippen LogP) is 1.54. The third-order valence-corrected chi connectivity index (χ3v) is 4.39. The fourth-order valence-electron chi connectivity index (χ4n) is 1.94. The first-order chi connectivity index (χ1) is 8.47. The van der Waals surface area contributed by atoms with Crippen molar-refractivity contribution >= 4 is 21.6 Å². The number of halogens is 1. The van der Waals surface area contributed by atoms with Gasteiger partial charge in [0.15, 0.2) is 0 Å². The number of hydrogen-bond acceptors (Lipinski definition) is 4. The van der Waals surface area contributed by atoms with E-state index in [0.717, 1.165) is 12.8 Å². The molecule has 1 aliphatic rings. The maximum Gasteiger partial charge on any atom is 0.211 e. The molecule has 1 fully saturated rings. The van der Waals surface area contributed by atoms with Gasteiger partial charge in [-0.2, -0.15) is 4.31 Å². The van der Waals surface area contributed by atoms with Crippen molar-refractivity contribution in [3.05, 3.63) is 23.5 Å². The summed E-state index contributed by atoms with van der Waals surface area (Å²) < 4.78 is 30.1. The Kier molecular flexibility index (Phi) is 4.09. The van der Waals surface area contributed by atoms with Gasteiger partial charge in [-0.3, -0.25) is 4.98 Å². The molecular formula is C11H15ClN2O3S. The molecule has 0 saturated carbocycles. The zero-order valence-corrected chi connectivity index (χ0v) is 11.6. The lowest BCUT2D eigenvalue weighted by molar-refractivity contribution is 0.130. The standard InChI is InChI=1S/C11H15ClN2O3S/c1-18(15,16)14-6-2-3-9(8-14)17-11-4-5-13-7-10(11)12/h4-5,7,9H,2-3,6,8H2,1H3/t9-/m1/s1. The van der Waals surface area contributed by atoms with Gasteiger partial charge in [-0.1, -0.05) is 11.6 Å². The molecule has 18 heavy (non-hydrogen) atoms. The molecule has 7 heteroatoms. The van der Waals surface area contributed by atoms with E-state index in [1.807, 2.05) is 0 Å². The Balaban J connectivity index is 2.05. The summed E-state index contributed by atoms with van der Waals surface area (Å²) >= 11 is 5.95. The minimum absolute atomic E-state index is 0.159. The summed E-state index contributed by atoms with van der Waals surface area (Å²) in [4.78, 5) is 3.87. The second-order valence-electron chi connectivity index (χ2n) is 4.31. The molecule has 0 unspecified atom stereocenters. The number of rotatable bonds is 3. The molecule has 1 aromatic rings. The minimum Gasteiger partial charge on any atom is -0.487 e. The number of sulfonamides is 1. The molecular weight excluding hydrogens is 276 g/mol. The van der Waals surface area contributed by atoms with Crippen molar-refractivity contribution in [2.75, 3.05) is 19.3 Å². The molecule has 0 bridgehead atoms. The van der Waals surface area contributed by atoms with E-state index in [9.17, 15) is 8.42 Å². The van der Waals surface area contributed by atoms with E-state index >= 15 is 0 Å². The average Bonchev–Trinajstić information content (AvgIpc) is 2.31. The van der Waals surface area contributed by atoms with Crippen molar-refractivity contribution in [1.29, 1.82) is 0 Å². The highest BCUT2D eigenvalue weighted by Gasteiger charge is 2.27. The van der Waals surface area contributed by atoms with Crippen LogP contribution in [-0.4, -0.2) is 43.2 Å². The largest absolute Gasteiger partial charge is 0.487 e. The van der Waals surface area contributed by atoms with E-state index < -0.39 is 10.0 Å². The first kappa shape index (κ1) is 13.6. The van der Waals surface area contributed by atoms with Crippen molar-refractivity contribution in [2.45, 2.75) is 18.9 Å². The van der Waals surface area contributed by atoms with E-state index in [0.29, 0.717) is 23.9 Å². The zero-order chi connectivity index (χ0) is 13.2. The Morgan fingerprint density at radius 1 is 1.56 bits per heavy atom. The van der Waals surface area contributed by atoms with Crippen LogP contribution in [-0.2, 0) is 10.0 Å². The molecule has 2 rings (SSSR count). The molecule has 0 aromatic carbocycles. The third-order valence-electron chi connectivity index (χ3n) is 2.84. The van der Waals surface area contributed by atoms with Crippen molar-refractivity contribution in [3.63, 3.8) is 0 Å². The summed E-state index contributed by atoms with van der Waals surface area (Å²) in [5.74, 6) is 0.548. The van der Waals surface area contributed by atoms with E-state index in [1.165, 1.54) is 16.8 Å². The lowest BCUT2D eigenvalue weighted by Gasteiger charge is -2.31. The van der Waals surface area contributed by atoms with Gasteiger partial charge in [0.05, 0.1) is 12.8 Å². The maximum atomic E-state index is 11.5. The van der Waals surface area contributed by atoms with Crippen LogP contribution in [0.1, 0.15) is 12.8 Å². The molecule has 100 valence electrons. The fourth-order valence-corrected chi connectivity index (χ4v) is 3.00. The fraction of sp³-hybridized carbons (Fsp3) is 0.545. The van der Waals surface area contributed by atoms with E-state index in [4.69, 9.17) is 16.3 Å². The van der Waals surface area contributed by atoms with E-state index in [2.05, 4.69) is 4.98 Å². The topological polar surface area (TPSA) is 59.5 Å². The molecule has 1 atom stereocenters. The first-order valence-corrected chi connectivity index (χ1v) is 7.91. The molecule has 0 radical (unpaired) electrons. The minimum atomic E-state index is -3.15. The lowest BCUT2D eigenvalue weighted by atomic mass is 10.1. The van der Waals surface area contributed by atoms with Crippen LogP contribution < -0.4 is 4.74 Å². The monoisotopic (exact) mass is 290 g/mol. The Bertz CT molecular complexity index is 521. The SMILES string of the molecule is CS(=O)(=O)N1CCC[C@@H](Oc2ccncc2Cl)C1. The van der Waals surface area contributed by atoms with Crippen LogP contribution in [0, 0.1) is 0 Å². The van der Waals surface area contributed by atoms with Crippen LogP contribution in [0.2, 0.25) is 5.02 Å². The Morgan fingerprint density at radius 2 is 2.33 bits per heavy atom. The zero-order valence-electron chi connectivity index (χ0n) is 10.0. The summed E-state index contributed by atoms with van der Waals surface area (Å²) in [5, 5.41) is 0.439. The number of nitrogens with zero attached hydrogens (tertiary/aromatic N) is 2. The summed E-state index contributed by atoms with van der Waals surface area (Å²) in [6.45, 7) is 0.931. The maximum absolute atomic E-state index is 11.5. The molecule has 0 spiro atoms. The molecule has 0 N–H and O–H groups in total. The van der Waals surface area contributed by atoms with Crippen molar-refractivity contribution < 1.29 is 13.2 Å². The smallest absolute Gasteiger partial charge is 0.211 e. The van der Waals surface area contributed by atoms with Crippen molar-refractivity contribution in [2.24, 2.45) is 0 Å². The number of aromatic nitrogens is 1. The summed E-state index contributed by atoms with van der Waals surface area (Å²) in [7, 11) is -3.15. The highest BCUT2D eigenvalue weighted by atomic mass is 35.5. The molecule has 1 aliphatic heterocycles. The van der Waals surface area contributed by atoms with Gasteiger partial charge in [0.25, 0.3) is 0 Å². The molecule has 0 amide bonds. The normalized spacial score (nSPS) is 21.8. The van der Waals surface area contributed by atoms with Crippen LogP contribution in [0.25, 0.3) is 0 Å². The first-order valence-electron chi connectivity index (χ1n) is 5.68. The Hall–Kier alpha value is -0.850. The predicted molar refractivity (Wildman–Crippen MR) is 69.3 cm³/mol. The third kappa shape index (κ3) is 3.34.